The number of nitrogens with zero attached hydrogens (tertiary/aromatic N) is 1. The van der Waals surface area contributed by atoms with Gasteiger partial charge in [0.05, 0.1) is 25.2 Å². The average molecular weight is 258 g/mol. The molecule has 3 unspecified atom stereocenters. The minimum absolute atomic E-state index is 0.149. The highest BCUT2D eigenvalue weighted by molar-refractivity contribution is 5.67. The van der Waals surface area contributed by atoms with Gasteiger partial charge in [-0.1, -0.05) is 0 Å². The first-order valence-corrected chi connectivity index (χ1v) is 6.61. The van der Waals surface area contributed by atoms with E-state index in [9.17, 15) is 9.90 Å². The maximum atomic E-state index is 10.4. The number of carbonyl (C=O) groups is 1. The molecule has 0 aromatic rings. The number of rotatable bonds is 6. The fraction of sp³-hybridized carbons (Fsp3) is 0.917. The van der Waals surface area contributed by atoms with Gasteiger partial charge in [0.15, 0.2) is 0 Å². The van der Waals surface area contributed by atoms with Crippen LogP contribution >= 0.6 is 0 Å². The molecule has 3 atom stereocenters. The van der Waals surface area contributed by atoms with E-state index in [4.69, 9.17) is 9.84 Å². The average Bonchev–Trinajstić information content (AvgIpc) is 2.75. The van der Waals surface area contributed by atoms with Crippen molar-refractivity contribution in [1.29, 1.82) is 0 Å². The van der Waals surface area contributed by atoms with Crippen molar-refractivity contribution in [2.45, 2.75) is 37.5 Å². The molecule has 2 rings (SSSR count). The van der Waals surface area contributed by atoms with E-state index in [0.717, 1.165) is 19.7 Å². The first-order valence-electron chi connectivity index (χ1n) is 6.61. The Kier molecular flexibility index (Phi) is 4.94. The Morgan fingerprint density at radius 2 is 2.39 bits per heavy atom. The summed E-state index contributed by atoms with van der Waals surface area (Å²) in [5, 5.41) is 21.0. The van der Waals surface area contributed by atoms with Gasteiger partial charge in [0.25, 0.3) is 0 Å². The second-order valence-electron chi connectivity index (χ2n) is 5.16. The molecular weight excluding hydrogens is 236 g/mol. The van der Waals surface area contributed by atoms with E-state index in [1.807, 2.05) is 0 Å². The van der Waals surface area contributed by atoms with Crippen LogP contribution in [0.4, 0.5) is 0 Å². The molecule has 0 aromatic heterocycles. The molecule has 2 aliphatic heterocycles. The maximum absolute atomic E-state index is 10.4. The fourth-order valence-electron chi connectivity index (χ4n) is 2.69. The third-order valence-corrected chi connectivity index (χ3v) is 3.62. The van der Waals surface area contributed by atoms with Gasteiger partial charge in [0, 0.05) is 25.7 Å². The summed E-state index contributed by atoms with van der Waals surface area (Å²) in [7, 11) is 0. The Hall–Kier alpha value is -0.690. The van der Waals surface area contributed by atoms with Crippen molar-refractivity contribution in [3.63, 3.8) is 0 Å². The van der Waals surface area contributed by atoms with Crippen molar-refractivity contribution in [2.75, 3.05) is 32.8 Å². The van der Waals surface area contributed by atoms with E-state index < -0.39 is 12.1 Å². The molecule has 0 spiro atoms. The van der Waals surface area contributed by atoms with Gasteiger partial charge in [0.2, 0.25) is 0 Å². The van der Waals surface area contributed by atoms with Gasteiger partial charge >= 0.3 is 5.97 Å². The summed E-state index contributed by atoms with van der Waals surface area (Å²) in [5.74, 6) is -0.974. The van der Waals surface area contributed by atoms with Crippen molar-refractivity contribution in [1.82, 2.24) is 10.2 Å². The summed E-state index contributed by atoms with van der Waals surface area (Å²) >= 11 is 0. The van der Waals surface area contributed by atoms with Gasteiger partial charge in [0.1, 0.15) is 0 Å². The number of carboxylic acid groups (broad SMARTS) is 1. The van der Waals surface area contributed by atoms with Crippen LogP contribution in [-0.4, -0.2) is 72.1 Å². The molecule has 2 heterocycles. The van der Waals surface area contributed by atoms with Crippen LogP contribution in [0.2, 0.25) is 0 Å². The first kappa shape index (κ1) is 13.7. The molecule has 18 heavy (non-hydrogen) atoms. The number of aliphatic carboxylic acids is 1. The second-order valence-corrected chi connectivity index (χ2v) is 5.16. The fourth-order valence-corrected chi connectivity index (χ4v) is 2.69. The number of hydrogen-bond acceptors (Lipinski definition) is 5. The number of nitrogens with one attached hydrogen (secondary N) is 1. The summed E-state index contributed by atoms with van der Waals surface area (Å²) < 4.78 is 5.75. The van der Waals surface area contributed by atoms with Crippen molar-refractivity contribution in [2.24, 2.45) is 0 Å². The molecular formula is C12H22N2O4. The number of aliphatic hydroxyl groups excluding tert-OH is 1. The minimum Gasteiger partial charge on any atom is -0.481 e. The van der Waals surface area contributed by atoms with Gasteiger partial charge < -0.3 is 20.3 Å². The van der Waals surface area contributed by atoms with Crippen molar-refractivity contribution in [3.05, 3.63) is 0 Å². The molecule has 0 aliphatic carbocycles. The minimum atomic E-state index is -0.974. The Labute approximate surface area is 107 Å². The number of fused-ring (bicyclic) bond motifs is 1. The molecule has 0 saturated carbocycles. The van der Waals surface area contributed by atoms with Crippen molar-refractivity contribution >= 4 is 5.97 Å². The Bertz CT molecular complexity index is 287. The topological polar surface area (TPSA) is 82.0 Å². The van der Waals surface area contributed by atoms with Crippen LogP contribution in [0, 0.1) is 0 Å². The number of hydrogen-bond donors (Lipinski definition) is 3. The highest BCUT2D eigenvalue weighted by atomic mass is 16.5. The smallest absolute Gasteiger partial charge is 0.306 e. The number of carboxylic acids is 1. The lowest BCUT2D eigenvalue weighted by atomic mass is 10.2. The molecule has 0 bridgehead atoms. The van der Waals surface area contributed by atoms with Crippen molar-refractivity contribution < 1.29 is 19.7 Å². The summed E-state index contributed by atoms with van der Waals surface area (Å²) in [4.78, 5) is 12.8. The zero-order valence-electron chi connectivity index (χ0n) is 10.5. The van der Waals surface area contributed by atoms with Crippen LogP contribution in [0.5, 0.6) is 0 Å². The predicted octanol–water partition coefficient (Wildman–Crippen LogP) is -0.725. The lowest BCUT2D eigenvalue weighted by molar-refractivity contribution is -0.139. The molecule has 3 N–H and O–H groups in total. The van der Waals surface area contributed by atoms with Gasteiger partial charge in [-0.25, -0.2) is 0 Å². The largest absolute Gasteiger partial charge is 0.481 e. The molecule has 0 aromatic carbocycles. The zero-order chi connectivity index (χ0) is 13.0. The summed E-state index contributed by atoms with van der Waals surface area (Å²) in [6.07, 6.45) is 1.59. The van der Waals surface area contributed by atoms with E-state index in [0.29, 0.717) is 19.1 Å². The zero-order valence-corrected chi connectivity index (χ0v) is 10.5. The van der Waals surface area contributed by atoms with Crippen LogP contribution in [0.3, 0.4) is 0 Å². The monoisotopic (exact) mass is 258 g/mol. The van der Waals surface area contributed by atoms with Gasteiger partial charge in [-0.2, -0.15) is 0 Å². The van der Waals surface area contributed by atoms with Crippen LogP contribution in [-0.2, 0) is 9.53 Å². The van der Waals surface area contributed by atoms with Crippen LogP contribution in [0.25, 0.3) is 0 Å². The Balaban J connectivity index is 1.61. The van der Waals surface area contributed by atoms with Crippen molar-refractivity contribution in [3.8, 4) is 0 Å². The normalized spacial score (nSPS) is 30.1. The lowest BCUT2D eigenvalue weighted by Gasteiger charge is -2.35. The molecule has 2 saturated heterocycles. The number of aliphatic hydroxyl groups is 1. The first-order chi connectivity index (χ1) is 8.65. The molecule has 2 fully saturated rings. The van der Waals surface area contributed by atoms with Crippen LogP contribution in [0.15, 0.2) is 0 Å². The summed E-state index contributed by atoms with van der Waals surface area (Å²) in [6.45, 7) is 3.86. The van der Waals surface area contributed by atoms with E-state index in [-0.39, 0.29) is 12.5 Å². The lowest BCUT2D eigenvalue weighted by Crippen LogP contribution is -2.50. The highest BCUT2D eigenvalue weighted by Gasteiger charge is 2.31. The maximum Gasteiger partial charge on any atom is 0.306 e. The van der Waals surface area contributed by atoms with Gasteiger partial charge in [-0.3, -0.25) is 9.69 Å². The highest BCUT2D eigenvalue weighted by Crippen LogP contribution is 2.22. The Morgan fingerprint density at radius 3 is 3.17 bits per heavy atom. The summed E-state index contributed by atoms with van der Waals surface area (Å²) in [5.41, 5.74) is 0. The van der Waals surface area contributed by atoms with E-state index in [1.54, 1.807) is 0 Å². The number of ether oxygens (including phenoxy) is 1. The molecule has 6 nitrogen and oxygen atoms in total. The van der Waals surface area contributed by atoms with E-state index >= 15 is 0 Å². The third kappa shape index (κ3) is 3.91. The van der Waals surface area contributed by atoms with E-state index in [2.05, 4.69) is 10.2 Å². The molecule has 6 heteroatoms. The standard InChI is InChI=1S/C12H22N2O4/c15-10(4-12(16)17)5-13-6-11-7-14-3-1-2-9(14)8-18-11/h9-11,13,15H,1-8H2,(H,16,17). The second kappa shape index (κ2) is 6.47. The molecule has 2 aliphatic rings. The number of morpholine rings is 1. The quantitative estimate of drug-likeness (QED) is 0.583. The summed E-state index contributed by atoms with van der Waals surface area (Å²) in [6, 6.07) is 0.596. The third-order valence-electron chi connectivity index (χ3n) is 3.62. The van der Waals surface area contributed by atoms with Gasteiger partial charge in [-0.15, -0.1) is 0 Å². The molecule has 0 radical (unpaired) electrons. The Morgan fingerprint density at radius 1 is 1.56 bits per heavy atom. The molecule has 104 valence electrons. The predicted molar refractivity (Wildman–Crippen MR) is 65.5 cm³/mol. The molecule has 0 amide bonds. The van der Waals surface area contributed by atoms with E-state index in [1.165, 1.54) is 12.8 Å². The van der Waals surface area contributed by atoms with Crippen LogP contribution in [0.1, 0.15) is 19.3 Å². The SMILES string of the molecule is O=C(O)CC(O)CNCC1CN2CCCC2CO1. The van der Waals surface area contributed by atoms with Gasteiger partial charge in [-0.05, 0) is 19.4 Å². The van der Waals surface area contributed by atoms with Crippen LogP contribution < -0.4 is 5.32 Å².